The van der Waals surface area contributed by atoms with E-state index in [1.54, 1.807) is 10.6 Å². The lowest BCUT2D eigenvalue weighted by Crippen LogP contribution is -2.12. The maximum Gasteiger partial charge on any atom is 0.313 e. The Morgan fingerprint density at radius 1 is 1.55 bits per heavy atom. The van der Waals surface area contributed by atoms with Crippen LogP contribution in [-0.4, -0.2) is 36.7 Å². The van der Waals surface area contributed by atoms with Crippen molar-refractivity contribution in [2.75, 3.05) is 5.75 Å². The molecule has 2 N–H and O–H groups in total. The van der Waals surface area contributed by atoms with Crippen molar-refractivity contribution in [2.45, 2.75) is 24.7 Å². The molecular weight excluding hydrogens is 322 g/mol. The fourth-order valence-electron chi connectivity index (χ4n) is 1.71. The molecule has 0 saturated carbocycles. The molecule has 0 radical (unpaired) electrons. The number of nitrogens with zero attached hydrogens (tertiary/aromatic N) is 3. The standard InChI is InChI=1S/C11H12ClN3O3S2/c1-6(7-2-3-8(12)20-7)15-9(4-16)13-14-11(15)19-5-10(17)18/h2-3,6,16H,4-5H2,1H3,(H,17,18). The molecule has 1 atom stereocenters. The van der Waals surface area contributed by atoms with E-state index in [2.05, 4.69) is 10.2 Å². The molecule has 2 aromatic rings. The van der Waals surface area contributed by atoms with Crippen molar-refractivity contribution >= 4 is 40.7 Å². The molecule has 9 heteroatoms. The van der Waals surface area contributed by atoms with Crippen molar-refractivity contribution in [1.29, 1.82) is 0 Å². The third-order valence-corrected chi connectivity index (χ3v) is 4.92. The van der Waals surface area contributed by atoms with E-state index in [0.29, 0.717) is 15.3 Å². The highest BCUT2D eigenvalue weighted by Gasteiger charge is 2.20. The van der Waals surface area contributed by atoms with Crippen LogP contribution in [-0.2, 0) is 11.4 Å². The smallest absolute Gasteiger partial charge is 0.313 e. The second-order valence-electron chi connectivity index (χ2n) is 3.93. The Morgan fingerprint density at radius 3 is 2.85 bits per heavy atom. The highest BCUT2D eigenvalue weighted by atomic mass is 35.5. The van der Waals surface area contributed by atoms with Crippen molar-refractivity contribution in [3.8, 4) is 0 Å². The van der Waals surface area contributed by atoms with Gasteiger partial charge in [0.05, 0.1) is 16.1 Å². The fraction of sp³-hybridized carbons (Fsp3) is 0.364. The predicted octanol–water partition coefficient (Wildman–Crippen LogP) is 2.27. The van der Waals surface area contributed by atoms with Crippen LogP contribution in [0.1, 0.15) is 23.7 Å². The van der Waals surface area contributed by atoms with Crippen LogP contribution < -0.4 is 0 Å². The van der Waals surface area contributed by atoms with Gasteiger partial charge in [-0.25, -0.2) is 0 Å². The summed E-state index contributed by atoms with van der Waals surface area (Å²) in [6, 6.07) is 3.57. The lowest BCUT2D eigenvalue weighted by atomic mass is 10.2. The molecule has 6 nitrogen and oxygen atoms in total. The molecule has 0 bridgehead atoms. The van der Waals surface area contributed by atoms with E-state index in [0.717, 1.165) is 16.6 Å². The summed E-state index contributed by atoms with van der Waals surface area (Å²) in [6.45, 7) is 1.67. The van der Waals surface area contributed by atoms with Crippen molar-refractivity contribution < 1.29 is 15.0 Å². The number of thioether (sulfide) groups is 1. The Labute approximate surface area is 128 Å². The second kappa shape index (κ2) is 6.57. The maximum absolute atomic E-state index is 10.7. The van der Waals surface area contributed by atoms with E-state index in [-0.39, 0.29) is 18.4 Å². The average molecular weight is 334 g/mol. The fourth-order valence-corrected chi connectivity index (χ4v) is 3.57. The Kier molecular flexibility index (Phi) is 5.03. The van der Waals surface area contributed by atoms with Gasteiger partial charge in [0.25, 0.3) is 0 Å². The van der Waals surface area contributed by atoms with Gasteiger partial charge >= 0.3 is 5.97 Å². The van der Waals surface area contributed by atoms with E-state index in [4.69, 9.17) is 16.7 Å². The van der Waals surface area contributed by atoms with Crippen LogP contribution in [0.25, 0.3) is 0 Å². The summed E-state index contributed by atoms with van der Waals surface area (Å²) in [4.78, 5) is 11.6. The van der Waals surface area contributed by atoms with Gasteiger partial charge in [0.1, 0.15) is 6.61 Å². The lowest BCUT2D eigenvalue weighted by Gasteiger charge is -2.15. The molecule has 0 aliphatic rings. The summed E-state index contributed by atoms with van der Waals surface area (Å²) in [5.41, 5.74) is 0. The summed E-state index contributed by atoms with van der Waals surface area (Å²) in [7, 11) is 0. The first kappa shape index (κ1) is 15.3. The second-order valence-corrected chi connectivity index (χ2v) is 6.62. The number of thiophene rings is 1. The predicted molar refractivity (Wildman–Crippen MR) is 77.4 cm³/mol. The number of aliphatic hydroxyl groups is 1. The number of rotatable bonds is 6. The molecule has 0 saturated heterocycles. The molecule has 0 aliphatic carbocycles. The summed E-state index contributed by atoms with van der Waals surface area (Å²) in [6.07, 6.45) is 0. The molecule has 108 valence electrons. The monoisotopic (exact) mass is 333 g/mol. The number of carboxylic acids is 1. The third-order valence-electron chi connectivity index (χ3n) is 2.59. The summed E-state index contributed by atoms with van der Waals surface area (Å²) < 4.78 is 2.40. The summed E-state index contributed by atoms with van der Waals surface area (Å²) in [5.74, 6) is -0.640. The van der Waals surface area contributed by atoms with E-state index in [1.807, 2.05) is 13.0 Å². The topological polar surface area (TPSA) is 88.2 Å². The third kappa shape index (κ3) is 3.32. The maximum atomic E-state index is 10.7. The van der Waals surface area contributed by atoms with E-state index < -0.39 is 5.97 Å². The van der Waals surface area contributed by atoms with Gasteiger partial charge in [-0.3, -0.25) is 9.36 Å². The van der Waals surface area contributed by atoms with Crippen molar-refractivity contribution in [3.05, 3.63) is 27.2 Å². The van der Waals surface area contributed by atoms with Crippen LogP contribution in [0.5, 0.6) is 0 Å². The van der Waals surface area contributed by atoms with Crippen molar-refractivity contribution in [3.63, 3.8) is 0 Å². The van der Waals surface area contributed by atoms with E-state index in [1.165, 1.54) is 11.3 Å². The van der Waals surface area contributed by atoms with Crippen LogP contribution in [0.3, 0.4) is 0 Å². The van der Waals surface area contributed by atoms with Gasteiger partial charge in [-0.15, -0.1) is 21.5 Å². The molecule has 0 aromatic carbocycles. The van der Waals surface area contributed by atoms with Crippen molar-refractivity contribution in [1.82, 2.24) is 14.8 Å². The van der Waals surface area contributed by atoms with Gasteiger partial charge in [0.15, 0.2) is 11.0 Å². The zero-order valence-corrected chi connectivity index (χ0v) is 12.9. The largest absolute Gasteiger partial charge is 0.481 e. The van der Waals surface area contributed by atoms with Gasteiger partial charge in [-0.2, -0.15) is 0 Å². The number of aliphatic carboxylic acids is 1. The molecule has 0 spiro atoms. The van der Waals surface area contributed by atoms with Crippen LogP contribution in [0.2, 0.25) is 4.34 Å². The first-order valence-electron chi connectivity index (χ1n) is 5.67. The summed E-state index contributed by atoms with van der Waals surface area (Å²) >= 11 is 8.43. The zero-order chi connectivity index (χ0) is 14.7. The molecule has 0 fully saturated rings. The minimum atomic E-state index is -0.929. The molecule has 20 heavy (non-hydrogen) atoms. The van der Waals surface area contributed by atoms with Gasteiger partial charge in [0.2, 0.25) is 0 Å². The first-order valence-corrected chi connectivity index (χ1v) is 7.85. The molecule has 0 amide bonds. The lowest BCUT2D eigenvalue weighted by molar-refractivity contribution is -0.133. The molecular formula is C11H12ClN3O3S2. The zero-order valence-electron chi connectivity index (χ0n) is 10.5. The minimum Gasteiger partial charge on any atom is -0.481 e. The Hall–Kier alpha value is -1.09. The molecule has 0 aliphatic heterocycles. The van der Waals surface area contributed by atoms with Crippen LogP contribution in [0, 0.1) is 0 Å². The van der Waals surface area contributed by atoms with E-state index >= 15 is 0 Å². The molecule has 2 rings (SSSR count). The number of hydrogen-bond donors (Lipinski definition) is 2. The average Bonchev–Trinajstić information content (AvgIpc) is 3.01. The van der Waals surface area contributed by atoms with Gasteiger partial charge in [0, 0.05) is 4.88 Å². The molecule has 2 heterocycles. The molecule has 1 unspecified atom stereocenters. The van der Waals surface area contributed by atoms with Crippen molar-refractivity contribution in [2.24, 2.45) is 0 Å². The number of carbonyl (C=O) groups is 1. The first-order chi connectivity index (χ1) is 9.52. The van der Waals surface area contributed by atoms with Gasteiger partial charge in [-0.1, -0.05) is 23.4 Å². The Balaban J connectivity index is 2.32. The van der Waals surface area contributed by atoms with Crippen LogP contribution in [0.15, 0.2) is 17.3 Å². The highest BCUT2D eigenvalue weighted by molar-refractivity contribution is 7.99. The number of halogens is 1. The van der Waals surface area contributed by atoms with Crippen LogP contribution >= 0.6 is 34.7 Å². The Bertz CT molecular complexity index is 614. The highest BCUT2D eigenvalue weighted by Crippen LogP contribution is 2.32. The van der Waals surface area contributed by atoms with E-state index in [9.17, 15) is 9.90 Å². The Morgan fingerprint density at radius 2 is 2.30 bits per heavy atom. The van der Waals surface area contributed by atoms with Gasteiger partial charge in [-0.05, 0) is 19.1 Å². The van der Waals surface area contributed by atoms with Crippen LogP contribution in [0.4, 0.5) is 0 Å². The number of aliphatic hydroxyl groups excluding tert-OH is 1. The summed E-state index contributed by atoms with van der Waals surface area (Å²) in [5, 5.41) is 26.4. The van der Waals surface area contributed by atoms with Gasteiger partial charge < -0.3 is 10.2 Å². The number of carboxylic acid groups (broad SMARTS) is 1. The number of aromatic nitrogens is 3. The number of hydrogen-bond acceptors (Lipinski definition) is 6. The normalized spacial score (nSPS) is 12.6. The quantitative estimate of drug-likeness (QED) is 0.788. The SMILES string of the molecule is CC(c1ccc(Cl)s1)n1c(CO)nnc1SCC(=O)O. The minimum absolute atomic E-state index is 0.110. The molecule has 2 aromatic heterocycles.